The van der Waals surface area contributed by atoms with E-state index < -0.39 is 11.7 Å². The topological polar surface area (TPSA) is 9.23 Å². The number of alkyl halides is 3. The predicted octanol–water partition coefficient (Wildman–Crippen LogP) is 6.92. The van der Waals surface area contributed by atoms with Gasteiger partial charge in [0.2, 0.25) is 0 Å². The van der Waals surface area contributed by atoms with Crippen molar-refractivity contribution in [2.75, 3.05) is 6.61 Å². The molecule has 1 aromatic carbocycles. The largest absolute Gasteiger partial charge is 0.416 e. The van der Waals surface area contributed by atoms with Gasteiger partial charge in [-0.15, -0.1) is 0 Å². The Balaban J connectivity index is 2.45. The molecule has 0 saturated carbocycles. The molecule has 0 aliphatic heterocycles. The second-order valence-electron chi connectivity index (χ2n) is 5.97. The van der Waals surface area contributed by atoms with Crippen molar-refractivity contribution in [1.29, 1.82) is 0 Å². The second kappa shape index (κ2) is 10.7. The molecule has 1 atom stereocenters. The average molecular weight is 330 g/mol. The molecule has 0 heterocycles. The maximum atomic E-state index is 12.6. The van der Waals surface area contributed by atoms with Crippen LogP contribution in [0.1, 0.15) is 82.4 Å². The molecule has 0 saturated heterocycles. The fourth-order valence-corrected chi connectivity index (χ4v) is 2.72. The van der Waals surface area contributed by atoms with Gasteiger partial charge in [-0.05, 0) is 31.0 Å². The summed E-state index contributed by atoms with van der Waals surface area (Å²) in [6.45, 7) is 4.70. The van der Waals surface area contributed by atoms with Crippen LogP contribution in [0.25, 0.3) is 0 Å². The number of unbranched alkanes of at least 4 members (excludes halogenated alkanes) is 6. The number of halogens is 3. The molecular formula is C19H29F3O. The van der Waals surface area contributed by atoms with Crippen LogP contribution in [0.2, 0.25) is 0 Å². The molecular weight excluding hydrogens is 301 g/mol. The average Bonchev–Trinajstić information content (AvgIpc) is 2.52. The Morgan fingerprint density at radius 3 is 1.96 bits per heavy atom. The lowest BCUT2D eigenvalue weighted by atomic mass is 10.0. The number of hydrogen-bond donors (Lipinski definition) is 0. The van der Waals surface area contributed by atoms with Gasteiger partial charge >= 0.3 is 6.18 Å². The highest BCUT2D eigenvalue weighted by atomic mass is 19.4. The van der Waals surface area contributed by atoms with Crippen molar-refractivity contribution < 1.29 is 17.9 Å². The lowest BCUT2D eigenvalue weighted by Gasteiger charge is -2.18. The fraction of sp³-hybridized carbons (Fsp3) is 0.684. The van der Waals surface area contributed by atoms with Gasteiger partial charge in [0.15, 0.2) is 0 Å². The molecule has 0 N–H and O–H groups in total. The van der Waals surface area contributed by atoms with Crippen molar-refractivity contribution in [3.8, 4) is 0 Å². The molecule has 132 valence electrons. The summed E-state index contributed by atoms with van der Waals surface area (Å²) < 4.78 is 43.6. The van der Waals surface area contributed by atoms with Crippen molar-refractivity contribution in [2.45, 2.75) is 77.5 Å². The highest BCUT2D eigenvalue weighted by Gasteiger charge is 2.30. The number of hydrogen-bond acceptors (Lipinski definition) is 1. The lowest BCUT2D eigenvalue weighted by molar-refractivity contribution is -0.137. The summed E-state index contributed by atoms with van der Waals surface area (Å²) in [5.74, 6) is 0. The van der Waals surface area contributed by atoms with Crippen LogP contribution in [0.15, 0.2) is 24.3 Å². The van der Waals surface area contributed by atoms with Crippen LogP contribution in [-0.2, 0) is 10.9 Å². The molecule has 1 nitrogen and oxygen atoms in total. The molecule has 0 amide bonds. The van der Waals surface area contributed by atoms with E-state index in [4.69, 9.17) is 4.74 Å². The van der Waals surface area contributed by atoms with Crippen molar-refractivity contribution in [1.82, 2.24) is 0 Å². The van der Waals surface area contributed by atoms with Gasteiger partial charge in [-0.2, -0.15) is 13.2 Å². The standard InChI is InChI=1S/C19H29F3O/c1-3-5-6-7-8-9-10-11-18(23-4-2)16-12-14-17(15-13-16)19(20,21)22/h12-15,18H,3-11H2,1-2H3. The molecule has 0 bridgehead atoms. The molecule has 0 aliphatic carbocycles. The first-order chi connectivity index (χ1) is 11.0. The van der Waals surface area contributed by atoms with Crippen LogP contribution in [0.5, 0.6) is 0 Å². The van der Waals surface area contributed by atoms with Gasteiger partial charge in [0.1, 0.15) is 0 Å². The van der Waals surface area contributed by atoms with Crippen LogP contribution in [0, 0.1) is 0 Å². The molecule has 1 unspecified atom stereocenters. The zero-order chi connectivity index (χ0) is 17.1. The summed E-state index contributed by atoms with van der Waals surface area (Å²) in [6.07, 6.45) is 5.05. The van der Waals surface area contributed by atoms with Crippen molar-refractivity contribution in [3.05, 3.63) is 35.4 Å². The van der Waals surface area contributed by atoms with E-state index in [1.54, 1.807) is 12.1 Å². The molecule has 0 radical (unpaired) electrons. The van der Waals surface area contributed by atoms with Crippen LogP contribution in [-0.4, -0.2) is 6.61 Å². The van der Waals surface area contributed by atoms with Gasteiger partial charge in [0.05, 0.1) is 11.7 Å². The van der Waals surface area contributed by atoms with Crippen molar-refractivity contribution >= 4 is 0 Å². The van der Waals surface area contributed by atoms with Crippen LogP contribution in [0.4, 0.5) is 13.2 Å². The van der Waals surface area contributed by atoms with E-state index in [2.05, 4.69) is 6.92 Å². The third-order valence-electron chi connectivity index (χ3n) is 4.05. The normalized spacial score (nSPS) is 13.3. The van der Waals surface area contributed by atoms with Gasteiger partial charge < -0.3 is 4.74 Å². The SMILES string of the molecule is CCCCCCCCCC(OCC)c1ccc(C(F)(F)F)cc1. The summed E-state index contributed by atoms with van der Waals surface area (Å²) in [6, 6.07) is 5.38. The fourth-order valence-electron chi connectivity index (χ4n) is 2.72. The Kier molecular flexibility index (Phi) is 9.30. The third kappa shape index (κ3) is 7.87. The zero-order valence-electron chi connectivity index (χ0n) is 14.3. The first kappa shape index (κ1) is 20.0. The highest BCUT2D eigenvalue weighted by Crippen LogP contribution is 2.31. The van der Waals surface area contributed by atoms with Crippen LogP contribution in [0.3, 0.4) is 0 Å². The molecule has 4 heteroatoms. The molecule has 0 aliphatic rings. The minimum absolute atomic E-state index is 0.0991. The van der Waals surface area contributed by atoms with E-state index in [1.165, 1.54) is 32.1 Å². The quantitative estimate of drug-likeness (QED) is 0.400. The van der Waals surface area contributed by atoms with E-state index in [-0.39, 0.29) is 6.10 Å². The highest BCUT2D eigenvalue weighted by molar-refractivity contribution is 5.26. The Labute approximate surface area is 138 Å². The third-order valence-corrected chi connectivity index (χ3v) is 4.05. The second-order valence-corrected chi connectivity index (χ2v) is 5.97. The van der Waals surface area contributed by atoms with Crippen molar-refractivity contribution in [3.63, 3.8) is 0 Å². The van der Waals surface area contributed by atoms with Gasteiger partial charge in [0, 0.05) is 6.61 Å². The Morgan fingerprint density at radius 2 is 1.43 bits per heavy atom. The van der Waals surface area contributed by atoms with E-state index in [0.29, 0.717) is 6.61 Å². The maximum absolute atomic E-state index is 12.6. The Hall–Kier alpha value is -1.03. The van der Waals surface area contributed by atoms with E-state index in [0.717, 1.165) is 37.0 Å². The van der Waals surface area contributed by atoms with Crippen LogP contribution >= 0.6 is 0 Å². The predicted molar refractivity (Wildman–Crippen MR) is 88.4 cm³/mol. The maximum Gasteiger partial charge on any atom is 0.416 e. The summed E-state index contributed by atoms with van der Waals surface area (Å²) in [5.41, 5.74) is 0.234. The van der Waals surface area contributed by atoms with Crippen LogP contribution < -0.4 is 0 Å². The molecule has 0 spiro atoms. The first-order valence-electron chi connectivity index (χ1n) is 8.77. The molecule has 1 rings (SSSR count). The number of benzene rings is 1. The zero-order valence-corrected chi connectivity index (χ0v) is 14.3. The Morgan fingerprint density at radius 1 is 0.870 bits per heavy atom. The van der Waals surface area contributed by atoms with Gasteiger partial charge in [-0.25, -0.2) is 0 Å². The smallest absolute Gasteiger partial charge is 0.374 e. The molecule has 0 aromatic heterocycles. The van der Waals surface area contributed by atoms with Gasteiger partial charge in [0.25, 0.3) is 0 Å². The number of rotatable bonds is 11. The number of ether oxygens (including phenoxy) is 1. The summed E-state index contributed by atoms with van der Waals surface area (Å²) >= 11 is 0. The minimum Gasteiger partial charge on any atom is -0.374 e. The monoisotopic (exact) mass is 330 g/mol. The van der Waals surface area contributed by atoms with Gasteiger partial charge in [-0.3, -0.25) is 0 Å². The summed E-state index contributed by atoms with van der Waals surface area (Å²) in [7, 11) is 0. The van der Waals surface area contributed by atoms with Crippen molar-refractivity contribution in [2.24, 2.45) is 0 Å². The minimum atomic E-state index is -4.28. The molecule has 1 aromatic rings. The molecule has 0 fully saturated rings. The van der Waals surface area contributed by atoms with E-state index >= 15 is 0 Å². The lowest BCUT2D eigenvalue weighted by Crippen LogP contribution is -2.07. The van der Waals surface area contributed by atoms with Gasteiger partial charge in [-0.1, -0.05) is 64.0 Å². The van der Waals surface area contributed by atoms with E-state index in [9.17, 15) is 13.2 Å². The summed E-state index contributed by atoms with van der Waals surface area (Å²) in [5, 5.41) is 0. The molecule has 23 heavy (non-hydrogen) atoms. The first-order valence-corrected chi connectivity index (χ1v) is 8.77. The Bertz CT molecular complexity index is 412. The summed E-state index contributed by atoms with van der Waals surface area (Å²) in [4.78, 5) is 0. The van der Waals surface area contributed by atoms with E-state index in [1.807, 2.05) is 6.92 Å².